The normalized spacial score (nSPS) is 29.4. The zero-order chi connectivity index (χ0) is 31.4. The molecule has 1 saturated carbocycles. The minimum Gasteiger partial charge on any atom is -0.481 e. The lowest BCUT2D eigenvalue weighted by Gasteiger charge is -2.37. The van der Waals surface area contributed by atoms with Gasteiger partial charge in [-0.2, -0.15) is 0 Å². The van der Waals surface area contributed by atoms with E-state index in [2.05, 4.69) is 29.4 Å². The molecule has 0 saturated heterocycles. The fourth-order valence-corrected chi connectivity index (χ4v) is 7.47. The highest BCUT2D eigenvalue weighted by molar-refractivity contribution is 5.70. The highest BCUT2D eigenvalue weighted by Crippen LogP contribution is 2.43. The molecule has 9 atom stereocenters. The minimum atomic E-state index is -1.43. The number of unbranched alkanes of at least 4 members (excludes halogenated alkanes) is 4. The Morgan fingerprint density at radius 1 is 1.14 bits per heavy atom. The highest BCUT2D eigenvalue weighted by Gasteiger charge is 2.51. The fourth-order valence-electron chi connectivity index (χ4n) is 7.47. The van der Waals surface area contributed by atoms with Crippen LogP contribution < -0.4 is 11.1 Å². The Labute approximate surface area is 258 Å². The maximum atomic E-state index is 12.2. The Morgan fingerprint density at radius 2 is 1.91 bits per heavy atom. The van der Waals surface area contributed by atoms with Crippen LogP contribution >= 0.6 is 0 Å². The van der Waals surface area contributed by atoms with E-state index in [0.29, 0.717) is 50.4 Å². The molecular weight excluding hydrogens is 546 g/mol. The largest absolute Gasteiger partial charge is 0.481 e. The molecule has 9 nitrogen and oxygen atoms in total. The van der Waals surface area contributed by atoms with E-state index in [0.717, 1.165) is 37.7 Å². The van der Waals surface area contributed by atoms with Crippen molar-refractivity contribution >= 4 is 11.8 Å². The number of nitrogen functional groups attached to an aromatic ring is 1. The van der Waals surface area contributed by atoms with Crippen LogP contribution in [0.3, 0.4) is 0 Å². The summed E-state index contributed by atoms with van der Waals surface area (Å²) in [4.78, 5) is 16.2. The average Bonchev–Trinajstić information content (AvgIpc) is 3.24. The number of aliphatic carboxylic acids is 1. The van der Waals surface area contributed by atoms with Crippen molar-refractivity contribution < 1.29 is 30.3 Å². The molecule has 0 aliphatic heterocycles. The maximum Gasteiger partial charge on any atom is 0.309 e. The maximum absolute atomic E-state index is 12.2. The lowest BCUT2D eigenvalue weighted by molar-refractivity contribution is -0.148. The first-order valence-electron chi connectivity index (χ1n) is 16.6. The predicted octanol–water partition coefficient (Wildman–Crippen LogP) is 4.08. The van der Waals surface area contributed by atoms with Crippen molar-refractivity contribution in [2.24, 2.45) is 29.6 Å². The van der Waals surface area contributed by atoms with Crippen LogP contribution in [0.5, 0.6) is 0 Å². The first kappa shape index (κ1) is 35.4. The summed E-state index contributed by atoms with van der Waals surface area (Å²) in [6, 6.07) is 3.68. The summed E-state index contributed by atoms with van der Waals surface area (Å²) < 4.78 is 0. The van der Waals surface area contributed by atoms with Crippen LogP contribution in [0.2, 0.25) is 0 Å². The van der Waals surface area contributed by atoms with Crippen molar-refractivity contribution in [2.45, 2.75) is 121 Å². The topological polar surface area (TPSA) is 169 Å². The number of rotatable bonds is 19. The van der Waals surface area contributed by atoms with Crippen LogP contribution in [0.15, 0.2) is 30.5 Å². The van der Waals surface area contributed by atoms with E-state index >= 15 is 0 Å². The summed E-state index contributed by atoms with van der Waals surface area (Å²) in [5.74, 6) is -1.41. The van der Waals surface area contributed by atoms with Crippen molar-refractivity contribution in [2.75, 3.05) is 19.3 Å². The molecule has 1 fully saturated rings. The molecule has 244 valence electrons. The number of aliphatic hydroxyl groups is 4. The monoisotopic (exact) mass is 603 g/mol. The Hall–Kier alpha value is -2.04. The number of aliphatic hydroxyl groups excluding tert-OH is 3. The summed E-state index contributed by atoms with van der Waals surface area (Å²) in [5.41, 5.74) is 5.38. The molecular formula is C34H57N3O6. The van der Waals surface area contributed by atoms with E-state index in [1.54, 1.807) is 19.3 Å². The number of anilines is 1. The standard InChI is InChI=1S/C34H57N3O6/c1-3-4-6-9-23-12-13-26(29(38)17-23)10-7-5-8-11-28(33(41)42)30(39)20-27(22-36-2)34(43)21-25(18-31(34)40)16-24-14-15-37-32(35)19-24/h12-15,19,23,25-31,36,38-40,43H,3-11,16-18,20-22H2,1-2H3,(H2,35,37)(H,41,42). The molecule has 0 bridgehead atoms. The zero-order valence-corrected chi connectivity index (χ0v) is 26.3. The number of hydrogen-bond acceptors (Lipinski definition) is 8. The lowest BCUT2D eigenvalue weighted by atomic mass is 9.77. The van der Waals surface area contributed by atoms with Crippen LogP contribution in [0.4, 0.5) is 5.82 Å². The van der Waals surface area contributed by atoms with Gasteiger partial charge in [-0.05, 0) is 87.9 Å². The molecule has 9 heteroatoms. The van der Waals surface area contributed by atoms with Gasteiger partial charge in [0.15, 0.2) is 0 Å². The Balaban J connectivity index is 1.48. The zero-order valence-electron chi connectivity index (χ0n) is 26.3. The van der Waals surface area contributed by atoms with Crippen LogP contribution in [0.1, 0.15) is 96.0 Å². The van der Waals surface area contributed by atoms with Crippen molar-refractivity contribution in [3.05, 3.63) is 36.0 Å². The van der Waals surface area contributed by atoms with Gasteiger partial charge in [-0.3, -0.25) is 4.79 Å². The quantitative estimate of drug-likeness (QED) is 0.0910. The third-order valence-corrected chi connectivity index (χ3v) is 9.98. The van der Waals surface area contributed by atoms with Crippen LogP contribution in [0.25, 0.3) is 0 Å². The summed E-state index contributed by atoms with van der Waals surface area (Å²) in [6.07, 6.45) is 14.4. The first-order chi connectivity index (χ1) is 20.6. The van der Waals surface area contributed by atoms with E-state index in [9.17, 15) is 30.3 Å². The van der Waals surface area contributed by atoms with Gasteiger partial charge in [-0.1, -0.05) is 57.6 Å². The average molecular weight is 604 g/mol. The number of nitrogens with two attached hydrogens (primary N) is 1. The second kappa shape index (κ2) is 17.4. The molecule has 0 amide bonds. The molecule has 1 aromatic rings. The van der Waals surface area contributed by atoms with Gasteiger partial charge >= 0.3 is 5.97 Å². The van der Waals surface area contributed by atoms with E-state index in [1.807, 2.05) is 6.07 Å². The number of carboxylic acid groups (broad SMARTS) is 1. The Morgan fingerprint density at radius 3 is 2.58 bits per heavy atom. The number of nitrogens with zero attached hydrogens (tertiary/aromatic N) is 1. The van der Waals surface area contributed by atoms with E-state index in [-0.39, 0.29) is 24.4 Å². The van der Waals surface area contributed by atoms with Crippen LogP contribution in [0, 0.1) is 29.6 Å². The van der Waals surface area contributed by atoms with E-state index in [1.165, 1.54) is 19.3 Å². The molecule has 0 spiro atoms. The van der Waals surface area contributed by atoms with E-state index < -0.39 is 35.6 Å². The van der Waals surface area contributed by atoms with Crippen LogP contribution in [-0.4, -0.2) is 74.0 Å². The van der Waals surface area contributed by atoms with Crippen molar-refractivity contribution in [1.29, 1.82) is 0 Å². The van der Waals surface area contributed by atoms with Crippen LogP contribution in [-0.2, 0) is 11.2 Å². The summed E-state index contributed by atoms with van der Waals surface area (Å²) >= 11 is 0. The van der Waals surface area contributed by atoms with E-state index in [4.69, 9.17) is 5.73 Å². The van der Waals surface area contributed by atoms with Gasteiger partial charge in [-0.25, -0.2) is 4.98 Å². The number of allylic oxidation sites excluding steroid dienone is 1. The minimum absolute atomic E-state index is 0.0260. The van der Waals surface area contributed by atoms with Gasteiger partial charge in [-0.15, -0.1) is 0 Å². The number of hydrogen-bond donors (Lipinski definition) is 7. The molecule has 0 aromatic carbocycles. The molecule has 1 aromatic heterocycles. The Kier molecular flexibility index (Phi) is 14.4. The third-order valence-electron chi connectivity index (χ3n) is 9.98. The van der Waals surface area contributed by atoms with Crippen molar-refractivity contribution in [3.8, 4) is 0 Å². The summed E-state index contributed by atoms with van der Waals surface area (Å²) in [5, 5.41) is 57.4. The number of carboxylic acids is 1. The Bertz CT molecular complexity index is 1010. The van der Waals surface area contributed by atoms with Gasteiger partial charge in [0.05, 0.1) is 29.8 Å². The second-order valence-electron chi connectivity index (χ2n) is 13.4. The van der Waals surface area contributed by atoms with Crippen molar-refractivity contribution in [1.82, 2.24) is 10.3 Å². The smallest absolute Gasteiger partial charge is 0.309 e. The van der Waals surface area contributed by atoms with Gasteiger partial charge < -0.3 is 36.6 Å². The molecule has 8 N–H and O–H groups in total. The van der Waals surface area contributed by atoms with Gasteiger partial charge in [0.2, 0.25) is 0 Å². The van der Waals surface area contributed by atoms with Gasteiger partial charge in [0.25, 0.3) is 0 Å². The predicted molar refractivity (Wildman–Crippen MR) is 169 cm³/mol. The van der Waals surface area contributed by atoms with Gasteiger partial charge in [0.1, 0.15) is 5.82 Å². The van der Waals surface area contributed by atoms with Crippen molar-refractivity contribution in [3.63, 3.8) is 0 Å². The molecule has 2 aliphatic carbocycles. The molecule has 43 heavy (non-hydrogen) atoms. The molecule has 3 rings (SSSR count). The molecule has 0 radical (unpaired) electrons. The first-order valence-corrected chi connectivity index (χ1v) is 16.6. The number of nitrogens with one attached hydrogen (secondary N) is 1. The number of pyridine rings is 1. The number of aromatic nitrogens is 1. The number of carbonyl (C=O) groups is 1. The molecule has 2 aliphatic rings. The third kappa shape index (κ3) is 10.5. The summed E-state index contributed by atoms with van der Waals surface area (Å²) in [7, 11) is 1.75. The van der Waals surface area contributed by atoms with Gasteiger partial charge in [0, 0.05) is 24.6 Å². The molecule has 9 unspecified atom stereocenters. The molecule has 1 heterocycles. The fraction of sp³-hybridized carbons (Fsp3) is 0.765. The highest BCUT2D eigenvalue weighted by atomic mass is 16.4. The SMILES string of the molecule is CCCCCC1C=CC(CCCCCC(C(=O)O)C(O)CC(CNC)C2(O)CC(Cc3ccnc(N)c3)CC2O)C(O)C1. The second-order valence-corrected chi connectivity index (χ2v) is 13.4. The summed E-state index contributed by atoms with van der Waals surface area (Å²) in [6.45, 7) is 2.55. The lowest BCUT2D eigenvalue weighted by Crippen LogP contribution is -2.50.